The summed E-state index contributed by atoms with van der Waals surface area (Å²) in [5.74, 6) is -0.935. The summed E-state index contributed by atoms with van der Waals surface area (Å²) in [5.41, 5.74) is 3.51. The molecule has 7 nitrogen and oxygen atoms in total. The van der Waals surface area contributed by atoms with Crippen LogP contribution in [-0.4, -0.2) is 27.7 Å². The molecule has 1 unspecified atom stereocenters. The fraction of sp³-hybridized carbons (Fsp3) is 0.238. The summed E-state index contributed by atoms with van der Waals surface area (Å²) in [7, 11) is 0. The molecule has 0 spiro atoms. The predicted molar refractivity (Wildman–Crippen MR) is 123 cm³/mol. The second kappa shape index (κ2) is 9.31. The van der Waals surface area contributed by atoms with Gasteiger partial charge in [0.15, 0.2) is 0 Å². The molecule has 0 fully saturated rings. The van der Waals surface area contributed by atoms with Crippen molar-refractivity contribution >= 4 is 39.1 Å². The minimum absolute atomic E-state index is 0.0772. The Morgan fingerprint density at radius 1 is 1.19 bits per heavy atom. The quantitative estimate of drug-likeness (QED) is 0.221. The van der Waals surface area contributed by atoms with Crippen molar-refractivity contribution in [3.05, 3.63) is 76.3 Å². The van der Waals surface area contributed by atoms with Crippen LogP contribution in [-0.2, 0) is 9.71 Å². The number of benzene rings is 2. The lowest BCUT2D eigenvalue weighted by molar-refractivity contribution is 0.0757. The molecule has 2 N–H and O–H groups in total. The first-order valence-corrected chi connectivity index (χ1v) is 11.3. The van der Waals surface area contributed by atoms with Crippen LogP contribution >= 0.6 is 23.1 Å². The van der Waals surface area contributed by atoms with Crippen molar-refractivity contribution in [3.63, 3.8) is 0 Å². The van der Waals surface area contributed by atoms with E-state index in [2.05, 4.69) is 20.8 Å². The fourth-order valence-corrected chi connectivity index (χ4v) is 5.39. The van der Waals surface area contributed by atoms with Gasteiger partial charge in [-0.3, -0.25) is 15.7 Å². The monoisotopic (exact) mass is 474 g/mol. The number of aromatic nitrogens is 2. The van der Waals surface area contributed by atoms with Crippen LogP contribution < -0.4 is 10.5 Å². The van der Waals surface area contributed by atoms with E-state index < -0.39 is 16.5 Å². The first kappa shape index (κ1) is 22.3. The van der Waals surface area contributed by atoms with Crippen LogP contribution in [0.25, 0.3) is 0 Å². The van der Waals surface area contributed by atoms with E-state index >= 15 is 0 Å². The van der Waals surface area contributed by atoms with Gasteiger partial charge in [0.1, 0.15) is 32.4 Å². The Bertz CT molecular complexity index is 1160. The number of nitrogens with zero attached hydrogens (tertiary/aromatic N) is 4. The second-order valence-electron chi connectivity index (χ2n) is 7.02. The van der Waals surface area contributed by atoms with Crippen molar-refractivity contribution in [1.82, 2.24) is 15.7 Å². The molecule has 3 aromatic rings. The van der Waals surface area contributed by atoms with Gasteiger partial charge in [-0.05, 0) is 37.6 Å². The van der Waals surface area contributed by atoms with Crippen LogP contribution in [0.5, 0.6) is 0 Å². The molecule has 0 saturated carbocycles. The van der Waals surface area contributed by atoms with Crippen LogP contribution in [0.2, 0.25) is 0 Å². The number of halogens is 2. The van der Waals surface area contributed by atoms with Gasteiger partial charge in [0.05, 0.1) is 6.61 Å². The highest BCUT2D eigenvalue weighted by Gasteiger charge is 2.48. The Morgan fingerprint density at radius 2 is 1.97 bits per heavy atom. The van der Waals surface area contributed by atoms with Gasteiger partial charge in [-0.25, -0.2) is 13.8 Å². The summed E-state index contributed by atoms with van der Waals surface area (Å²) in [5, 5.41) is 23.9. The Balaban J connectivity index is 1.80. The third-order valence-corrected chi connectivity index (χ3v) is 6.91. The van der Waals surface area contributed by atoms with Crippen molar-refractivity contribution in [1.29, 1.82) is 5.41 Å². The number of hydroxylamine groups is 1. The number of hydrazone groups is 1. The van der Waals surface area contributed by atoms with Gasteiger partial charge in [0, 0.05) is 12.0 Å². The molecule has 0 radical (unpaired) electrons. The van der Waals surface area contributed by atoms with Gasteiger partial charge in [-0.15, -0.1) is 10.2 Å². The maximum Gasteiger partial charge on any atom is 0.230 e. The third kappa shape index (κ3) is 4.50. The van der Waals surface area contributed by atoms with Crippen molar-refractivity contribution in [2.75, 3.05) is 11.6 Å². The summed E-state index contributed by atoms with van der Waals surface area (Å²) in [6, 6.07) is 12.9. The molecule has 32 heavy (non-hydrogen) atoms. The molecule has 1 aromatic heterocycles. The Kier molecular flexibility index (Phi) is 6.49. The Labute approximate surface area is 192 Å². The van der Waals surface area contributed by atoms with E-state index in [1.165, 1.54) is 23.1 Å². The van der Waals surface area contributed by atoms with Crippen molar-refractivity contribution in [2.45, 2.75) is 25.1 Å². The lowest BCUT2D eigenvalue weighted by Crippen LogP contribution is -2.39. The maximum absolute atomic E-state index is 14.6. The number of hydrogen-bond acceptors (Lipinski definition) is 8. The zero-order chi connectivity index (χ0) is 22.7. The lowest BCUT2D eigenvalue weighted by Gasteiger charge is -2.35. The zero-order valence-electron chi connectivity index (χ0n) is 17.3. The SMILES string of the molecule is CC(=N)NOCCC1(c2ccccc2)SC(c2cc(F)ccc2F)=NN1c1nnc(C)s1. The summed E-state index contributed by atoms with van der Waals surface area (Å²) in [6.45, 7) is 3.63. The van der Waals surface area contributed by atoms with Crippen LogP contribution in [0.3, 0.4) is 0 Å². The minimum atomic E-state index is -0.848. The number of hydrogen-bond donors (Lipinski definition) is 2. The number of amidine groups is 1. The highest BCUT2D eigenvalue weighted by Crippen LogP contribution is 2.52. The molecule has 11 heteroatoms. The van der Waals surface area contributed by atoms with E-state index in [0.29, 0.717) is 16.6 Å². The molecule has 166 valence electrons. The summed E-state index contributed by atoms with van der Waals surface area (Å²) < 4.78 is 28.6. The van der Waals surface area contributed by atoms with Crippen LogP contribution in [0.1, 0.15) is 29.5 Å². The molecule has 0 saturated heterocycles. The van der Waals surface area contributed by atoms with E-state index in [-0.39, 0.29) is 18.0 Å². The van der Waals surface area contributed by atoms with Crippen molar-refractivity contribution in [2.24, 2.45) is 5.10 Å². The summed E-state index contributed by atoms with van der Waals surface area (Å²) >= 11 is 2.66. The molecular weight excluding hydrogens is 454 g/mol. The third-order valence-electron chi connectivity index (χ3n) is 4.65. The van der Waals surface area contributed by atoms with Crippen LogP contribution in [0.4, 0.5) is 13.9 Å². The summed E-state index contributed by atoms with van der Waals surface area (Å²) in [4.78, 5) is 4.60. The van der Waals surface area contributed by atoms with Crippen molar-refractivity contribution < 1.29 is 13.6 Å². The largest absolute Gasteiger partial charge is 0.287 e. The highest BCUT2D eigenvalue weighted by molar-refractivity contribution is 8.15. The Morgan fingerprint density at radius 3 is 2.66 bits per heavy atom. The zero-order valence-corrected chi connectivity index (χ0v) is 18.9. The molecule has 0 aliphatic carbocycles. The predicted octanol–water partition coefficient (Wildman–Crippen LogP) is 4.80. The molecule has 4 rings (SSSR count). The van der Waals surface area contributed by atoms with Gasteiger partial charge < -0.3 is 0 Å². The number of nitrogens with one attached hydrogen (secondary N) is 2. The van der Waals surface area contributed by atoms with Gasteiger partial charge in [0.2, 0.25) is 5.13 Å². The normalized spacial score (nSPS) is 18.0. The molecule has 2 aromatic carbocycles. The minimum Gasteiger partial charge on any atom is -0.287 e. The van der Waals surface area contributed by atoms with Gasteiger partial charge in [-0.1, -0.05) is 53.4 Å². The smallest absolute Gasteiger partial charge is 0.230 e. The number of rotatable bonds is 7. The van der Waals surface area contributed by atoms with E-state index in [0.717, 1.165) is 28.8 Å². The standard InChI is InChI=1S/C21H20F2N6OS2/c1-13(24)28-30-11-10-21(15-6-4-3-5-7-15)29(20-26-25-14(2)31-20)27-19(32-21)17-12-16(22)8-9-18(17)23/h3-9,12H,10-11H2,1-2H3,(H2,24,28). The van der Waals surface area contributed by atoms with E-state index in [1.54, 1.807) is 11.9 Å². The molecule has 0 amide bonds. The molecule has 2 heterocycles. The number of anilines is 1. The highest BCUT2D eigenvalue weighted by atomic mass is 32.2. The van der Waals surface area contributed by atoms with Gasteiger partial charge >= 0.3 is 0 Å². The van der Waals surface area contributed by atoms with E-state index in [4.69, 9.17) is 10.2 Å². The second-order valence-corrected chi connectivity index (χ2v) is 9.45. The van der Waals surface area contributed by atoms with Crippen molar-refractivity contribution in [3.8, 4) is 0 Å². The number of aryl methyl sites for hydroxylation is 1. The van der Waals surface area contributed by atoms with Gasteiger partial charge in [0.25, 0.3) is 0 Å². The fourth-order valence-electron chi connectivity index (χ4n) is 3.26. The topological polar surface area (TPSA) is 86.5 Å². The lowest BCUT2D eigenvalue weighted by atomic mass is 10.0. The molecule has 1 aliphatic heterocycles. The van der Waals surface area contributed by atoms with Crippen LogP contribution in [0, 0.1) is 24.0 Å². The molecule has 1 aliphatic rings. The summed E-state index contributed by atoms with van der Waals surface area (Å²) in [6.07, 6.45) is 0.407. The van der Waals surface area contributed by atoms with E-state index in [9.17, 15) is 8.78 Å². The molecule has 0 bridgehead atoms. The number of thioether (sulfide) groups is 1. The van der Waals surface area contributed by atoms with E-state index in [1.807, 2.05) is 37.3 Å². The van der Waals surface area contributed by atoms with Crippen LogP contribution in [0.15, 0.2) is 53.6 Å². The van der Waals surface area contributed by atoms with Gasteiger partial charge in [-0.2, -0.15) is 5.10 Å². The average Bonchev–Trinajstić information content (AvgIpc) is 3.38. The average molecular weight is 475 g/mol. The molecular formula is C21H20F2N6OS2. The maximum atomic E-state index is 14.6. The molecule has 1 atom stereocenters. The first-order chi connectivity index (χ1) is 15.4. The first-order valence-electron chi connectivity index (χ1n) is 9.71. The Hall–Kier alpha value is -2.89.